The average molecular weight is 267 g/mol. The van der Waals surface area contributed by atoms with Crippen molar-refractivity contribution in [3.8, 4) is 0 Å². The van der Waals surface area contributed by atoms with Crippen molar-refractivity contribution in [3.05, 3.63) is 11.4 Å². The topological polar surface area (TPSA) is 50.8 Å². The Morgan fingerprint density at radius 3 is 2.91 bits per heavy atom. The number of alkyl halides is 1. The van der Waals surface area contributed by atoms with Crippen LogP contribution in [0.1, 0.15) is 11.4 Å². The number of aromatic nitrogens is 3. The number of aryl methyl sites for hydroxylation is 1. The highest BCUT2D eigenvalue weighted by Gasteiger charge is 2.00. The fraction of sp³-hybridized carbons (Fsp3) is 0.667. The van der Waals surface area contributed by atoms with E-state index in [4.69, 9.17) is 4.74 Å². The number of hydrogen-bond acceptors (Lipinski definition) is 3. The molecule has 0 aliphatic heterocycles. The van der Waals surface area contributed by atoms with Crippen LogP contribution in [0.3, 0.4) is 0 Å². The van der Waals surface area contributed by atoms with E-state index in [2.05, 4.69) is 38.0 Å². The molecule has 11 heavy (non-hydrogen) atoms. The molecule has 0 fully saturated rings. The van der Waals surface area contributed by atoms with Gasteiger partial charge in [0.1, 0.15) is 5.69 Å². The highest BCUT2D eigenvalue weighted by atomic mass is 127. The van der Waals surface area contributed by atoms with Crippen molar-refractivity contribution >= 4 is 22.6 Å². The van der Waals surface area contributed by atoms with Gasteiger partial charge in [0.2, 0.25) is 0 Å². The lowest BCUT2D eigenvalue weighted by Crippen LogP contribution is -1.97. The van der Waals surface area contributed by atoms with Crippen LogP contribution in [0, 0.1) is 6.92 Å². The van der Waals surface area contributed by atoms with Crippen LogP contribution >= 0.6 is 22.6 Å². The van der Waals surface area contributed by atoms with E-state index in [1.165, 1.54) is 0 Å². The van der Waals surface area contributed by atoms with Crippen LogP contribution < -0.4 is 0 Å². The molecule has 0 aliphatic rings. The van der Waals surface area contributed by atoms with E-state index in [0.717, 1.165) is 22.4 Å². The molecular formula is C6H10IN3O. The van der Waals surface area contributed by atoms with Crippen molar-refractivity contribution < 1.29 is 4.74 Å². The van der Waals surface area contributed by atoms with Crippen molar-refractivity contribution in [3.63, 3.8) is 0 Å². The maximum atomic E-state index is 5.28. The highest BCUT2D eigenvalue weighted by molar-refractivity contribution is 14.1. The molecule has 4 nitrogen and oxygen atoms in total. The smallest absolute Gasteiger partial charge is 0.111 e. The zero-order chi connectivity index (χ0) is 8.10. The Labute approximate surface area is 78.9 Å². The molecule has 0 unspecified atom stereocenters. The second-order valence-electron chi connectivity index (χ2n) is 2.10. The van der Waals surface area contributed by atoms with Gasteiger partial charge < -0.3 is 4.74 Å². The SMILES string of the molecule is Cc1n[nH]nc1COCCI. The fourth-order valence-corrected chi connectivity index (χ4v) is 0.977. The molecule has 0 saturated carbocycles. The van der Waals surface area contributed by atoms with Crippen molar-refractivity contribution in [1.82, 2.24) is 15.4 Å². The van der Waals surface area contributed by atoms with Crippen LogP contribution in [0.4, 0.5) is 0 Å². The van der Waals surface area contributed by atoms with Crippen LogP contribution in [-0.2, 0) is 11.3 Å². The first-order chi connectivity index (χ1) is 5.34. The number of H-pyrrole nitrogens is 1. The lowest BCUT2D eigenvalue weighted by Gasteiger charge is -1.97. The predicted octanol–water partition coefficient (Wildman–Crippen LogP) is 1.06. The molecule has 0 bridgehead atoms. The molecule has 1 aromatic rings. The summed E-state index contributed by atoms with van der Waals surface area (Å²) in [6.07, 6.45) is 0. The Hall–Kier alpha value is -0.170. The van der Waals surface area contributed by atoms with E-state index < -0.39 is 0 Å². The molecule has 62 valence electrons. The third-order valence-corrected chi connectivity index (χ3v) is 1.72. The van der Waals surface area contributed by atoms with Crippen LogP contribution in [0.5, 0.6) is 0 Å². The van der Waals surface area contributed by atoms with Gasteiger partial charge in [0.25, 0.3) is 0 Å². The molecular weight excluding hydrogens is 257 g/mol. The van der Waals surface area contributed by atoms with Crippen LogP contribution in [-0.4, -0.2) is 26.4 Å². The molecule has 0 aliphatic carbocycles. The van der Waals surface area contributed by atoms with Crippen molar-refractivity contribution in [1.29, 1.82) is 0 Å². The van der Waals surface area contributed by atoms with E-state index in [1.807, 2.05) is 6.92 Å². The summed E-state index contributed by atoms with van der Waals surface area (Å²) in [6, 6.07) is 0. The lowest BCUT2D eigenvalue weighted by atomic mass is 10.4. The summed E-state index contributed by atoms with van der Waals surface area (Å²) in [5.41, 5.74) is 1.81. The molecule has 5 heteroatoms. The molecule has 0 saturated heterocycles. The third-order valence-electron chi connectivity index (χ3n) is 1.28. The zero-order valence-electron chi connectivity index (χ0n) is 6.30. The lowest BCUT2D eigenvalue weighted by molar-refractivity contribution is 0.134. The quantitative estimate of drug-likeness (QED) is 0.504. The summed E-state index contributed by atoms with van der Waals surface area (Å²) < 4.78 is 6.29. The van der Waals surface area contributed by atoms with Gasteiger partial charge in [-0.05, 0) is 6.92 Å². The largest absolute Gasteiger partial charge is 0.374 e. The van der Waals surface area contributed by atoms with E-state index in [1.54, 1.807) is 0 Å². The third kappa shape index (κ3) is 2.74. The first kappa shape index (κ1) is 8.92. The van der Waals surface area contributed by atoms with Gasteiger partial charge in [-0.25, -0.2) is 0 Å². The predicted molar refractivity (Wildman–Crippen MR) is 49.7 cm³/mol. The summed E-state index contributed by atoms with van der Waals surface area (Å²) in [7, 11) is 0. The van der Waals surface area contributed by atoms with Crippen molar-refractivity contribution in [2.24, 2.45) is 0 Å². The number of halogens is 1. The van der Waals surface area contributed by atoms with Crippen LogP contribution in [0.25, 0.3) is 0 Å². The number of aromatic amines is 1. The summed E-state index contributed by atoms with van der Waals surface area (Å²) in [6.45, 7) is 3.24. The first-order valence-corrected chi connectivity index (χ1v) is 4.87. The van der Waals surface area contributed by atoms with E-state index >= 15 is 0 Å². The van der Waals surface area contributed by atoms with Gasteiger partial charge in [-0.15, -0.1) is 0 Å². The van der Waals surface area contributed by atoms with Gasteiger partial charge in [-0.2, -0.15) is 15.4 Å². The molecule has 1 aromatic heterocycles. The average Bonchev–Trinajstić information content (AvgIpc) is 2.37. The summed E-state index contributed by atoms with van der Waals surface area (Å²) >= 11 is 2.27. The molecule has 1 N–H and O–H groups in total. The number of rotatable bonds is 4. The van der Waals surface area contributed by atoms with Gasteiger partial charge >= 0.3 is 0 Å². The maximum absolute atomic E-state index is 5.28. The Bertz CT molecular complexity index is 213. The summed E-state index contributed by atoms with van der Waals surface area (Å²) in [5.74, 6) is 0. The zero-order valence-corrected chi connectivity index (χ0v) is 8.46. The number of hydrogen-bond donors (Lipinski definition) is 1. The van der Waals surface area contributed by atoms with Crippen molar-refractivity contribution in [2.45, 2.75) is 13.5 Å². The summed E-state index contributed by atoms with van der Waals surface area (Å²) in [5, 5.41) is 10.3. The minimum Gasteiger partial charge on any atom is -0.374 e. The Morgan fingerprint density at radius 1 is 1.55 bits per heavy atom. The van der Waals surface area contributed by atoms with E-state index in [9.17, 15) is 0 Å². The molecule has 1 rings (SSSR count). The normalized spacial score (nSPS) is 10.4. The van der Waals surface area contributed by atoms with Crippen molar-refractivity contribution in [2.75, 3.05) is 11.0 Å². The van der Waals surface area contributed by atoms with Gasteiger partial charge in [0.15, 0.2) is 0 Å². The van der Waals surface area contributed by atoms with E-state index in [-0.39, 0.29) is 0 Å². The molecule has 0 spiro atoms. The highest BCUT2D eigenvalue weighted by Crippen LogP contribution is 2.00. The number of nitrogens with one attached hydrogen (secondary N) is 1. The Kier molecular flexibility index (Phi) is 3.78. The number of nitrogens with zero attached hydrogens (tertiary/aromatic N) is 2. The van der Waals surface area contributed by atoms with Gasteiger partial charge in [0.05, 0.1) is 18.9 Å². The van der Waals surface area contributed by atoms with Gasteiger partial charge in [0, 0.05) is 4.43 Å². The fourth-order valence-electron chi connectivity index (χ4n) is 0.666. The maximum Gasteiger partial charge on any atom is 0.111 e. The molecule has 0 radical (unpaired) electrons. The second-order valence-corrected chi connectivity index (χ2v) is 3.18. The van der Waals surface area contributed by atoms with Crippen LogP contribution in [0.2, 0.25) is 0 Å². The van der Waals surface area contributed by atoms with Crippen LogP contribution in [0.15, 0.2) is 0 Å². The van der Waals surface area contributed by atoms with Gasteiger partial charge in [-0.3, -0.25) is 0 Å². The monoisotopic (exact) mass is 267 g/mol. The first-order valence-electron chi connectivity index (χ1n) is 3.34. The summed E-state index contributed by atoms with van der Waals surface area (Å²) in [4.78, 5) is 0. The van der Waals surface area contributed by atoms with Gasteiger partial charge in [-0.1, -0.05) is 22.6 Å². The number of ether oxygens (including phenoxy) is 1. The Morgan fingerprint density at radius 2 is 2.36 bits per heavy atom. The molecule has 0 aromatic carbocycles. The second kappa shape index (κ2) is 4.66. The minimum atomic E-state index is 0.561. The molecule has 0 atom stereocenters. The van der Waals surface area contributed by atoms with E-state index in [0.29, 0.717) is 6.61 Å². The molecule has 1 heterocycles. The standard InChI is InChI=1S/C6H10IN3O/c1-5-6(9-10-8-5)4-11-3-2-7/h2-4H2,1H3,(H,8,9,10). The minimum absolute atomic E-state index is 0.561. The molecule has 0 amide bonds. The Balaban J connectivity index is 2.32.